The van der Waals surface area contributed by atoms with Gasteiger partial charge in [0.05, 0.1) is 13.2 Å². The van der Waals surface area contributed by atoms with Gasteiger partial charge in [0.15, 0.2) is 11.5 Å². The highest BCUT2D eigenvalue weighted by molar-refractivity contribution is 6.31. The van der Waals surface area contributed by atoms with Crippen LogP contribution in [0.25, 0.3) is 0 Å². The monoisotopic (exact) mass is 367 g/mol. The lowest BCUT2D eigenvalue weighted by molar-refractivity contribution is 0.227. The first-order valence-electron chi connectivity index (χ1n) is 7.98. The van der Waals surface area contributed by atoms with E-state index >= 15 is 0 Å². The summed E-state index contributed by atoms with van der Waals surface area (Å²) < 4.78 is 11.3. The second kappa shape index (κ2) is 9.16. The van der Waals surface area contributed by atoms with Crippen molar-refractivity contribution >= 4 is 23.2 Å². The molecule has 0 aliphatic heterocycles. The predicted molar refractivity (Wildman–Crippen MR) is 101 cm³/mol. The van der Waals surface area contributed by atoms with E-state index in [0.29, 0.717) is 17.3 Å². The molecule has 0 bridgehead atoms. The van der Waals surface area contributed by atoms with Gasteiger partial charge in [0.25, 0.3) is 0 Å². The van der Waals surface area contributed by atoms with Crippen molar-refractivity contribution in [3.63, 3.8) is 0 Å². The molecule has 5 heteroatoms. The first-order chi connectivity index (χ1) is 11.5. The zero-order chi connectivity index (χ0) is 17.5. The van der Waals surface area contributed by atoms with Crippen LogP contribution in [0.1, 0.15) is 25.0 Å². The molecule has 0 spiro atoms. The molecule has 2 rings (SSSR count). The molecule has 24 heavy (non-hydrogen) atoms. The number of ether oxygens (including phenoxy) is 2. The van der Waals surface area contributed by atoms with Crippen LogP contribution in [0.15, 0.2) is 36.4 Å². The van der Waals surface area contributed by atoms with E-state index in [1.54, 1.807) is 13.2 Å². The molecule has 2 aromatic rings. The predicted octanol–water partition coefficient (Wildman–Crippen LogP) is 5.12. The number of hydrogen-bond acceptors (Lipinski definition) is 3. The number of nitrogens with one attached hydrogen (secondary N) is 1. The van der Waals surface area contributed by atoms with E-state index in [1.165, 1.54) is 5.56 Å². The fourth-order valence-electron chi connectivity index (χ4n) is 2.38. The second-order valence-electron chi connectivity index (χ2n) is 5.82. The molecule has 0 radical (unpaired) electrons. The smallest absolute Gasteiger partial charge is 0.166 e. The van der Waals surface area contributed by atoms with Crippen LogP contribution < -0.4 is 14.8 Å². The Balaban J connectivity index is 2.00. The number of halogens is 2. The fourth-order valence-corrected chi connectivity index (χ4v) is 2.74. The summed E-state index contributed by atoms with van der Waals surface area (Å²) in [7, 11) is 1.62. The SMILES string of the molecule is COc1cc(Cl)cc(CNCCc2ccc(Cl)cc2)c1OC(C)C. The van der Waals surface area contributed by atoms with Crippen LogP contribution in [0.5, 0.6) is 11.5 Å². The van der Waals surface area contributed by atoms with E-state index in [0.717, 1.165) is 29.3 Å². The largest absolute Gasteiger partial charge is 0.493 e. The maximum atomic E-state index is 6.18. The van der Waals surface area contributed by atoms with Crippen molar-refractivity contribution in [1.82, 2.24) is 5.32 Å². The van der Waals surface area contributed by atoms with Gasteiger partial charge in [-0.1, -0.05) is 35.3 Å². The molecule has 3 nitrogen and oxygen atoms in total. The highest BCUT2D eigenvalue weighted by atomic mass is 35.5. The van der Waals surface area contributed by atoms with Gasteiger partial charge in [-0.15, -0.1) is 0 Å². The minimum atomic E-state index is 0.0629. The molecule has 0 amide bonds. The van der Waals surface area contributed by atoms with Crippen molar-refractivity contribution in [2.45, 2.75) is 32.9 Å². The van der Waals surface area contributed by atoms with E-state index < -0.39 is 0 Å². The lowest BCUT2D eigenvalue weighted by atomic mass is 10.1. The fraction of sp³-hybridized carbons (Fsp3) is 0.368. The molecule has 0 atom stereocenters. The number of methoxy groups -OCH3 is 1. The molecule has 0 aliphatic rings. The molecule has 0 unspecified atom stereocenters. The Morgan fingerprint density at radius 3 is 2.38 bits per heavy atom. The summed E-state index contributed by atoms with van der Waals surface area (Å²) in [5.74, 6) is 1.40. The average molecular weight is 368 g/mol. The molecule has 0 heterocycles. The van der Waals surface area contributed by atoms with Crippen molar-refractivity contribution in [3.8, 4) is 11.5 Å². The first kappa shape index (κ1) is 18.9. The quantitative estimate of drug-likeness (QED) is 0.656. The molecule has 0 aromatic heterocycles. The van der Waals surface area contributed by atoms with Crippen LogP contribution in [0.4, 0.5) is 0 Å². The number of benzene rings is 2. The maximum absolute atomic E-state index is 6.18. The van der Waals surface area contributed by atoms with Gasteiger partial charge in [-0.2, -0.15) is 0 Å². The van der Waals surface area contributed by atoms with Crippen LogP contribution in [-0.2, 0) is 13.0 Å². The van der Waals surface area contributed by atoms with Crippen molar-refractivity contribution < 1.29 is 9.47 Å². The van der Waals surface area contributed by atoms with Gasteiger partial charge in [0.2, 0.25) is 0 Å². The van der Waals surface area contributed by atoms with Crippen molar-refractivity contribution in [1.29, 1.82) is 0 Å². The summed E-state index contributed by atoms with van der Waals surface area (Å²) in [6.07, 6.45) is 0.989. The Morgan fingerprint density at radius 1 is 1.04 bits per heavy atom. The Morgan fingerprint density at radius 2 is 1.75 bits per heavy atom. The number of hydrogen-bond donors (Lipinski definition) is 1. The topological polar surface area (TPSA) is 30.5 Å². The van der Waals surface area contributed by atoms with E-state index in [9.17, 15) is 0 Å². The Hall–Kier alpha value is -1.42. The normalized spacial score (nSPS) is 10.9. The maximum Gasteiger partial charge on any atom is 0.166 e. The lowest BCUT2D eigenvalue weighted by Crippen LogP contribution is -2.18. The van der Waals surface area contributed by atoms with Crippen molar-refractivity contribution in [2.75, 3.05) is 13.7 Å². The highest BCUT2D eigenvalue weighted by Gasteiger charge is 2.14. The molecule has 1 N–H and O–H groups in total. The molecular formula is C19H23Cl2NO2. The third kappa shape index (κ3) is 5.59. The van der Waals surface area contributed by atoms with Gasteiger partial charge < -0.3 is 14.8 Å². The summed E-state index contributed by atoms with van der Waals surface area (Å²) in [6.45, 7) is 5.49. The number of rotatable bonds is 8. The molecule has 2 aromatic carbocycles. The minimum absolute atomic E-state index is 0.0629. The van der Waals surface area contributed by atoms with Crippen molar-refractivity contribution in [2.24, 2.45) is 0 Å². The van der Waals surface area contributed by atoms with Gasteiger partial charge in [0.1, 0.15) is 0 Å². The molecule has 0 aliphatic carbocycles. The summed E-state index contributed by atoms with van der Waals surface area (Å²) in [4.78, 5) is 0. The minimum Gasteiger partial charge on any atom is -0.493 e. The Bertz CT molecular complexity index is 657. The van der Waals surface area contributed by atoms with Gasteiger partial charge in [-0.05, 0) is 50.6 Å². The van der Waals surface area contributed by atoms with E-state index in [1.807, 2.05) is 44.2 Å². The van der Waals surface area contributed by atoms with E-state index in [4.69, 9.17) is 32.7 Å². The van der Waals surface area contributed by atoms with Crippen molar-refractivity contribution in [3.05, 3.63) is 57.6 Å². The van der Waals surface area contributed by atoms with Crippen LogP contribution in [0, 0.1) is 0 Å². The summed E-state index contributed by atoms with van der Waals surface area (Å²) in [5.41, 5.74) is 2.23. The van der Waals surface area contributed by atoms with E-state index in [-0.39, 0.29) is 6.10 Å². The first-order valence-corrected chi connectivity index (χ1v) is 8.73. The lowest BCUT2D eigenvalue weighted by Gasteiger charge is -2.18. The third-order valence-electron chi connectivity index (χ3n) is 3.49. The van der Waals surface area contributed by atoms with Crippen LogP contribution >= 0.6 is 23.2 Å². The van der Waals surface area contributed by atoms with Crippen LogP contribution in [0.3, 0.4) is 0 Å². The zero-order valence-electron chi connectivity index (χ0n) is 14.2. The standard InChI is InChI=1S/C19H23Cl2NO2/c1-13(2)24-19-15(10-17(21)11-18(19)23-3)12-22-9-8-14-4-6-16(20)7-5-14/h4-7,10-11,13,22H,8-9,12H2,1-3H3. The Labute approximate surface area is 153 Å². The van der Waals surface area contributed by atoms with Crippen LogP contribution in [-0.4, -0.2) is 19.8 Å². The molecule has 0 saturated carbocycles. The second-order valence-corrected chi connectivity index (χ2v) is 6.69. The molecule has 0 saturated heterocycles. The van der Waals surface area contributed by atoms with Gasteiger partial charge >= 0.3 is 0 Å². The zero-order valence-corrected chi connectivity index (χ0v) is 15.7. The van der Waals surface area contributed by atoms with E-state index in [2.05, 4.69) is 5.32 Å². The highest BCUT2D eigenvalue weighted by Crippen LogP contribution is 2.35. The molecule has 0 fully saturated rings. The Kier molecular flexibility index (Phi) is 7.22. The van der Waals surface area contributed by atoms with Gasteiger partial charge in [-0.25, -0.2) is 0 Å². The molecule has 130 valence electrons. The van der Waals surface area contributed by atoms with Crippen LogP contribution in [0.2, 0.25) is 10.0 Å². The summed E-state index contributed by atoms with van der Waals surface area (Å²) in [5, 5.41) is 4.82. The van der Waals surface area contributed by atoms with Gasteiger partial charge in [0, 0.05) is 28.2 Å². The van der Waals surface area contributed by atoms with Gasteiger partial charge in [-0.3, -0.25) is 0 Å². The summed E-state index contributed by atoms with van der Waals surface area (Å²) in [6, 6.07) is 11.6. The molecular weight excluding hydrogens is 345 g/mol. The summed E-state index contributed by atoms with van der Waals surface area (Å²) >= 11 is 12.1. The third-order valence-corrected chi connectivity index (χ3v) is 3.96. The average Bonchev–Trinajstić information content (AvgIpc) is 2.54.